The van der Waals surface area contributed by atoms with Crippen LogP contribution in [0.5, 0.6) is 0 Å². The summed E-state index contributed by atoms with van der Waals surface area (Å²) in [6.45, 7) is 4.31. The maximum atomic E-state index is 13.2. The Bertz CT molecular complexity index is 557. The van der Waals surface area contributed by atoms with Crippen LogP contribution in [0.2, 0.25) is 0 Å². The fourth-order valence-electron chi connectivity index (χ4n) is 3.59. The van der Waals surface area contributed by atoms with Crippen LogP contribution in [0.25, 0.3) is 0 Å². The first-order valence-electron chi connectivity index (χ1n) is 9.03. The molecule has 3 rings (SSSR count). The molecule has 0 spiro atoms. The van der Waals surface area contributed by atoms with E-state index in [9.17, 15) is 4.79 Å². The highest BCUT2D eigenvalue weighted by molar-refractivity contribution is 7.99. The smallest absolute Gasteiger partial charge is 0.254 e. The van der Waals surface area contributed by atoms with Gasteiger partial charge in [0.2, 0.25) is 0 Å². The lowest BCUT2D eigenvalue weighted by atomic mass is 10.1. The van der Waals surface area contributed by atoms with E-state index in [0.717, 1.165) is 42.3 Å². The van der Waals surface area contributed by atoms with Gasteiger partial charge in [-0.25, -0.2) is 0 Å². The lowest BCUT2D eigenvalue weighted by Crippen LogP contribution is -2.47. The van der Waals surface area contributed by atoms with Gasteiger partial charge in [-0.3, -0.25) is 4.79 Å². The van der Waals surface area contributed by atoms with Crippen LogP contribution in [0.15, 0.2) is 24.3 Å². The molecule has 2 aliphatic rings. The zero-order valence-electron chi connectivity index (χ0n) is 14.9. The first kappa shape index (κ1) is 17.6. The average molecular weight is 348 g/mol. The van der Waals surface area contributed by atoms with Gasteiger partial charge in [0.25, 0.3) is 5.91 Å². The Morgan fingerprint density at radius 3 is 2.75 bits per heavy atom. The summed E-state index contributed by atoms with van der Waals surface area (Å²) in [4.78, 5) is 19.9. The van der Waals surface area contributed by atoms with Crippen molar-refractivity contribution in [3.05, 3.63) is 29.8 Å². The summed E-state index contributed by atoms with van der Waals surface area (Å²) in [5.74, 6) is 2.43. The van der Waals surface area contributed by atoms with Crippen molar-refractivity contribution in [3.8, 4) is 0 Å². The molecule has 0 aromatic heterocycles. The zero-order valence-corrected chi connectivity index (χ0v) is 15.7. The maximum Gasteiger partial charge on any atom is 0.254 e. The van der Waals surface area contributed by atoms with Crippen molar-refractivity contribution in [3.63, 3.8) is 0 Å². The van der Waals surface area contributed by atoms with Crippen molar-refractivity contribution in [1.82, 2.24) is 9.80 Å². The van der Waals surface area contributed by atoms with E-state index in [-0.39, 0.29) is 5.91 Å². The van der Waals surface area contributed by atoms with Gasteiger partial charge in [0.15, 0.2) is 0 Å². The molecule has 1 atom stereocenters. The molecule has 0 aliphatic carbocycles. The number of hydrogen-bond donors (Lipinski definition) is 0. The van der Waals surface area contributed by atoms with Gasteiger partial charge in [-0.05, 0) is 56.3 Å². The number of carbonyl (C=O) groups excluding carboxylic acids is 1. The molecule has 1 amide bonds. The lowest BCUT2D eigenvalue weighted by molar-refractivity contribution is 0.0666. The van der Waals surface area contributed by atoms with Gasteiger partial charge in [-0.1, -0.05) is 6.07 Å². The number of nitrogens with zero attached hydrogens (tertiary/aromatic N) is 3. The summed E-state index contributed by atoms with van der Waals surface area (Å²) < 4.78 is 0. The van der Waals surface area contributed by atoms with E-state index in [2.05, 4.69) is 20.8 Å². The third kappa shape index (κ3) is 4.25. The Morgan fingerprint density at radius 1 is 1.21 bits per heavy atom. The van der Waals surface area contributed by atoms with Crippen LogP contribution in [0.3, 0.4) is 0 Å². The van der Waals surface area contributed by atoms with Crippen molar-refractivity contribution in [2.45, 2.75) is 25.3 Å². The fraction of sp³-hybridized carbons (Fsp3) is 0.632. The standard InChI is InChI=1S/C19H29N3OS/c1-20(2)17-8-5-7-16(13-17)19(23)22-11-6-12-24-15-18(22)14-21-9-3-4-10-21/h5,7-8,13,18H,3-4,6,9-12,14-15H2,1-2H3. The predicted octanol–water partition coefficient (Wildman–Crippen LogP) is 2.80. The minimum atomic E-state index is 0.199. The molecule has 2 saturated heterocycles. The van der Waals surface area contributed by atoms with Crippen molar-refractivity contribution in [1.29, 1.82) is 0 Å². The highest BCUT2D eigenvalue weighted by atomic mass is 32.2. The van der Waals surface area contributed by atoms with Crippen LogP contribution in [0.4, 0.5) is 5.69 Å². The van der Waals surface area contributed by atoms with Crippen LogP contribution < -0.4 is 4.90 Å². The normalized spacial score (nSPS) is 22.4. The maximum absolute atomic E-state index is 13.2. The van der Waals surface area contributed by atoms with Crippen LogP contribution in [-0.2, 0) is 0 Å². The second-order valence-corrected chi connectivity index (χ2v) is 8.18. The third-order valence-corrected chi connectivity index (χ3v) is 6.17. The molecule has 0 saturated carbocycles. The number of benzene rings is 1. The molecule has 0 N–H and O–H groups in total. The topological polar surface area (TPSA) is 26.8 Å². The van der Waals surface area contributed by atoms with Gasteiger partial charge in [-0.2, -0.15) is 11.8 Å². The quantitative estimate of drug-likeness (QED) is 0.837. The highest BCUT2D eigenvalue weighted by Gasteiger charge is 2.29. The van der Waals surface area contributed by atoms with E-state index in [1.807, 2.05) is 44.1 Å². The van der Waals surface area contributed by atoms with E-state index >= 15 is 0 Å². The van der Waals surface area contributed by atoms with Crippen LogP contribution in [0, 0.1) is 0 Å². The highest BCUT2D eigenvalue weighted by Crippen LogP contribution is 2.22. The Morgan fingerprint density at radius 2 is 2.00 bits per heavy atom. The third-order valence-electron chi connectivity index (χ3n) is 4.98. The monoisotopic (exact) mass is 347 g/mol. The Kier molecular flexibility index (Phi) is 6.06. The Balaban J connectivity index is 1.77. The second-order valence-electron chi connectivity index (χ2n) is 7.03. The molecule has 0 radical (unpaired) electrons. The van der Waals surface area contributed by atoms with Gasteiger partial charge >= 0.3 is 0 Å². The summed E-state index contributed by atoms with van der Waals surface area (Å²) in [6, 6.07) is 8.36. The van der Waals surface area contributed by atoms with E-state index in [0.29, 0.717) is 6.04 Å². The molecule has 4 nitrogen and oxygen atoms in total. The molecule has 0 bridgehead atoms. The largest absolute Gasteiger partial charge is 0.378 e. The molecule has 5 heteroatoms. The first-order chi connectivity index (χ1) is 11.6. The molecular weight excluding hydrogens is 318 g/mol. The SMILES string of the molecule is CN(C)c1cccc(C(=O)N2CCCSCC2CN2CCCC2)c1. The number of amides is 1. The molecule has 1 unspecified atom stereocenters. The molecule has 2 aliphatic heterocycles. The van der Waals surface area contributed by atoms with Crippen molar-refractivity contribution >= 4 is 23.4 Å². The number of hydrogen-bond acceptors (Lipinski definition) is 4. The van der Waals surface area contributed by atoms with Gasteiger partial charge < -0.3 is 14.7 Å². The molecule has 1 aromatic rings. The minimum absolute atomic E-state index is 0.199. The molecule has 24 heavy (non-hydrogen) atoms. The van der Waals surface area contributed by atoms with E-state index in [1.165, 1.54) is 25.9 Å². The van der Waals surface area contributed by atoms with Crippen LogP contribution in [0.1, 0.15) is 29.6 Å². The molecule has 2 fully saturated rings. The predicted molar refractivity (Wildman–Crippen MR) is 103 cm³/mol. The van der Waals surface area contributed by atoms with Gasteiger partial charge in [-0.15, -0.1) is 0 Å². The zero-order chi connectivity index (χ0) is 16.9. The van der Waals surface area contributed by atoms with Crippen LogP contribution in [-0.4, -0.2) is 73.5 Å². The number of carbonyl (C=O) groups is 1. The summed E-state index contributed by atoms with van der Waals surface area (Å²) >= 11 is 2.00. The van der Waals surface area contributed by atoms with Crippen molar-refractivity contribution < 1.29 is 4.79 Å². The number of thioether (sulfide) groups is 1. The van der Waals surface area contributed by atoms with Crippen molar-refractivity contribution in [2.75, 3.05) is 56.7 Å². The average Bonchev–Trinajstić information content (AvgIpc) is 2.99. The van der Waals surface area contributed by atoms with Gasteiger partial charge in [0, 0.05) is 44.2 Å². The molecule has 2 heterocycles. The van der Waals surface area contributed by atoms with Gasteiger partial charge in [0.1, 0.15) is 0 Å². The van der Waals surface area contributed by atoms with Crippen molar-refractivity contribution in [2.24, 2.45) is 0 Å². The van der Waals surface area contributed by atoms with E-state index in [4.69, 9.17) is 0 Å². The van der Waals surface area contributed by atoms with Crippen LogP contribution >= 0.6 is 11.8 Å². The lowest BCUT2D eigenvalue weighted by Gasteiger charge is -2.33. The Labute approximate surface area is 150 Å². The summed E-state index contributed by atoms with van der Waals surface area (Å²) in [7, 11) is 4.03. The number of rotatable bonds is 4. The summed E-state index contributed by atoms with van der Waals surface area (Å²) in [5.41, 5.74) is 1.90. The van der Waals surface area contributed by atoms with E-state index in [1.54, 1.807) is 0 Å². The Hall–Kier alpha value is -1.20. The fourth-order valence-corrected chi connectivity index (χ4v) is 4.65. The van der Waals surface area contributed by atoms with E-state index < -0.39 is 0 Å². The second kappa shape index (κ2) is 8.26. The number of anilines is 1. The molecule has 1 aromatic carbocycles. The number of likely N-dealkylation sites (tertiary alicyclic amines) is 1. The summed E-state index contributed by atoms with van der Waals surface area (Å²) in [6.07, 6.45) is 3.71. The first-order valence-corrected chi connectivity index (χ1v) is 10.2. The minimum Gasteiger partial charge on any atom is -0.378 e. The molecule has 132 valence electrons. The summed E-state index contributed by atoms with van der Waals surface area (Å²) in [5, 5.41) is 0. The molecular formula is C19H29N3OS. The van der Waals surface area contributed by atoms with Gasteiger partial charge in [0.05, 0.1) is 6.04 Å².